The van der Waals surface area contributed by atoms with Gasteiger partial charge in [0.15, 0.2) is 0 Å². The van der Waals surface area contributed by atoms with Crippen LogP contribution in [0.4, 0.5) is 5.69 Å². The highest BCUT2D eigenvalue weighted by atomic mass is 35.5. The third-order valence-electron chi connectivity index (χ3n) is 8.42. The molecule has 222 valence electrons. The van der Waals surface area contributed by atoms with Gasteiger partial charge in [0.2, 0.25) is 11.8 Å². The Bertz CT molecular complexity index is 1310. The van der Waals surface area contributed by atoms with Gasteiger partial charge >= 0.3 is 0 Å². The van der Waals surface area contributed by atoms with Gasteiger partial charge < -0.3 is 9.64 Å². The summed E-state index contributed by atoms with van der Waals surface area (Å²) in [6.07, 6.45) is 3.56. The van der Waals surface area contributed by atoms with Crippen LogP contribution in [-0.4, -0.2) is 56.6 Å². The summed E-state index contributed by atoms with van der Waals surface area (Å²) in [7, 11) is -1.32. The molecule has 0 unspecified atom stereocenters. The lowest BCUT2D eigenvalue weighted by molar-refractivity contribution is -0.144. The van der Waals surface area contributed by atoms with Crippen molar-refractivity contribution in [3.63, 3.8) is 0 Å². The smallest absolute Gasteiger partial charge is 0.242 e. The SMILES string of the molecule is CC=C(CC)[C@H]1N(CCCCl)C(=O)C[C@@H](c2cccc(Cl)c2)[C@]12C(=O)N(COCC[Si](C)(C)C)c1cc(Cl)ccc12. The number of anilines is 1. The zero-order valence-corrected chi connectivity index (χ0v) is 28.0. The number of rotatable bonds is 11. The summed E-state index contributed by atoms with van der Waals surface area (Å²) in [5.41, 5.74) is 2.42. The third kappa shape index (κ3) is 6.28. The van der Waals surface area contributed by atoms with Gasteiger partial charge in [-0.25, -0.2) is 0 Å². The quantitative estimate of drug-likeness (QED) is 0.108. The molecule has 2 aliphatic rings. The van der Waals surface area contributed by atoms with Gasteiger partial charge in [-0.2, -0.15) is 0 Å². The van der Waals surface area contributed by atoms with E-state index < -0.39 is 25.4 Å². The van der Waals surface area contributed by atoms with Gasteiger partial charge in [-0.05, 0) is 61.2 Å². The van der Waals surface area contributed by atoms with Crippen molar-refractivity contribution in [1.82, 2.24) is 4.90 Å². The van der Waals surface area contributed by atoms with E-state index in [1.165, 1.54) is 0 Å². The molecule has 0 radical (unpaired) electrons. The molecule has 3 atom stereocenters. The molecule has 2 aromatic rings. The van der Waals surface area contributed by atoms with Crippen molar-refractivity contribution >= 4 is 60.4 Å². The standard InChI is InChI=1S/C32H41Cl3N2O3Si/c1-6-22(7-2)30-32(27(23-10-8-11-24(34)18-23)20-29(38)36(30)15-9-14-33)26-13-12-25(35)19-28(26)37(31(32)39)21-40-16-17-41(3,4)5/h6,8,10-13,18-19,27,30H,7,9,14-17,20-21H2,1-5H3/t27-,30+,32-/m0/s1. The molecular weight excluding hydrogens is 595 g/mol. The lowest BCUT2D eigenvalue weighted by Crippen LogP contribution is -2.65. The molecule has 0 saturated carbocycles. The number of piperidine rings is 1. The van der Waals surface area contributed by atoms with Gasteiger partial charge in [0.1, 0.15) is 12.1 Å². The normalized spacial score (nSPS) is 23.1. The van der Waals surface area contributed by atoms with E-state index >= 15 is 4.79 Å². The monoisotopic (exact) mass is 634 g/mol. The summed E-state index contributed by atoms with van der Waals surface area (Å²) in [5.74, 6) is -0.0761. The largest absolute Gasteiger partial charge is 0.361 e. The predicted molar refractivity (Wildman–Crippen MR) is 173 cm³/mol. The summed E-state index contributed by atoms with van der Waals surface area (Å²) >= 11 is 19.2. The fourth-order valence-corrected chi connectivity index (χ4v) is 7.70. The van der Waals surface area contributed by atoms with E-state index in [1.807, 2.05) is 54.3 Å². The van der Waals surface area contributed by atoms with Crippen LogP contribution in [0.15, 0.2) is 54.1 Å². The first-order valence-corrected chi connectivity index (χ1v) is 19.4. The average Bonchev–Trinajstić information content (AvgIpc) is 3.15. The van der Waals surface area contributed by atoms with Crippen LogP contribution in [-0.2, 0) is 19.7 Å². The van der Waals surface area contributed by atoms with Crippen LogP contribution in [0.2, 0.25) is 35.7 Å². The minimum Gasteiger partial charge on any atom is -0.361 e. The number of hydrogen-bond acceptors (Lipinski definition) is 3. The first kappa shape index (κ1) is 32.1. The number of ether oxygens (including phenoxy) is 1. The highest BCUT2D eigenvalue weighted by Gasteiger charge is 2.65. The zero-order valence-electron chi connectivity index (χ0n) is 24.7. The molecular formula is C32H41Cl3N2O3Si. The molecule has 0 aromatic heterocycles. The van der Waals surface area contributed by atoms with Crippen LogP contribution in [0.1, 0.15) is 50.2 Å². The van der Waals surface area contributed by atoms with Crippen molar-refractivity contribution in [3.05, 3.63) is 75.3 Å². The van der Waals surface area contributed by atoms with Crippen LogP contribution in [0.3, 0.4) is 0 Å². The number of benzene rings is 2. The number of likely N-dealkylation sites (tertiary alicyclic amines) is 1. The number of fused-ring (bicyclic) bond motifs is 2. The number of hydrogen-bond donors (Lipinski definition) is 0. The third-order valence-corrected chi connectivity index (χ3v) is 10.9. The van der Waals surface area contributed by atoms with Crippen molar-refractivity contribution < 1.29 is 14.3 Å². The van der Waals surface area contributed by atoms with E-state index in [9.17, 15) is 4.79 Å². The number of allylic oxidation sites excluding steroid dienone is 1. The molecule has 0 bridgehead atoms. The Morgan fingerprint density at radius 3 is 2.49 bits per heavy atom. The molecule has 9 heteroatoms. The molecule has 0 aliphatic carbocycles. The van der Waals surface area contributed by atoms with Gasteiger partial charge in [-0.15, -0.1) is 11.6 Å². The van der Waals surface area contributed by atoms with E-state index in [-0.39, 0.29) is 25.0 Å². The number of halogens is 3. The second-order valence-electron chi connectivity index (χ2n) is 12.2. The molecule has 1 spiro atoms. The Labute approximate surface area is 260 Å². The zero-order chi connectivity index (χ0) is 29.9. The van der Waals surface area contributed by atoms with Gasteiger partial charge in [0, 0.05) is 49.5 Å². The van der Waals surface area contributed by atoms with Crippen LogP contribution >= 0.6 is 34.8 Å². The van der Waals surface area contributed by atoms with Crippen LogP contribution in [0, 0.1) is 0 Å². The van der Waals surface area contributed by atoms with Crippen molar-refractivity contribution in [3.8, 4) is 0 Å². The highest BCUT2D eigenvalue weighted by Crippen LogP contribution is 2.58. The Morgan fingerprint density at radius 2 is 1.85 bits per heavy atom. The lowest BCUT2D eigenvalue weighted by atomic mass is 9.58. The molecule has 2 aliphatic heterocycles. The maximum atomic E-state index is 15.2. The van der Waals surface area contributed by atoms with Crippen molar-refractivity contribution in [2.45, 2.75) is 76.2 Å². The fraction of sp³-hybridized carbons (Fsp3) is 0.500. The molecule has 1 fully saturated rings. The van der Waals surface area contributed by atoms with E-state index in [2.05, 4.69) is 32.6 Å². The van der Waals surface area contributed by atoms with E-state index in [4.69, 9.17) is 39.5 Å². The van der Waals surface area contributed by atoms with Crippen LogP contribution < -0.4 is 4.90 Å². The van der Waals surface area contributed by atoms with E-state index in [1.54, 1.807) is 4.90 Å². The van der Waals surface area contributed by atoms with Gasteiger partial charge in [-0.1, -0.05) is 79.6 Å². The summed E-state index contributed by atoms with van der Waals surface area (Å²) in [6.45, 7) is 12.2. The molecule has 5 nitrogen and oxygen atoms in total. The minimum atomic E-state index is -1.32. The van der Waals surface area contributed by atoms with E-state index in [0.29, 0.717) is 41.9 Å². The number of carbonyl (C=O) groups is 2. The molecule has 2 heterocycles. The second kappa shape index (κ2) is 13.2. The maximum absolute atomic E-state index is 15.2. The Balaban J connectivity index is 1.96. The topological polar surface area (TPSA) is 49.9 Å². The second-order valence-corrected chi connectivity index (χ2v) is 19.0. The Morgan fingerprint density at radius 1 is 1.12 bits per heavy atom. The number of nitrogens with zero attached hydrogens (tertiary/aromatic N) is 2. The summed E-state index contributed by atoms with van der Waals surface area (Å²) < 4.78 is 6.18. The highest BCUT2D eigenvalue weighted by molar-refractivity contribution is 6.76. The fourth-order valence-electron chi connectivity index (χ4n) is 6.46. The summed E-state index contributed by atoms with van der Waals surface area (Å²) in [4.78, 5) is 32.8. The minimum absolute atomic E-state index is 0.0108. The van der Waals surface area contributed by atoms with Crippen molar-refractivity contribution in [2.75, 3.05) is 30.7 Å². The van der Waals surface area contributed by atoms with Crippen molar-refractivity contribution in [2.24, 2.45) is 0 Å². The Hall–Kier alpha value is -1.83. The van der Waals surface area contributed by atoms with Gasteiger partial charge in [-0.3, -0.25) is 14.5 Å². The Kier molecular flexibility index (Phi) is 10.3. The molecule has 1 saturated heterocycles. The molecule has 4 rings (SSSR count). The molecule has 2 amide bonds. The lowest BCUT2D eigenvalue weighted by Gasteiger charge is -2.52. The van der Waals surface area contributed by atoms with Crippen LogP contribution in [0.5, 0.6) is 0 Å². The average molecular weight is 636 g/mol. The van der Waals surface area contributed by atoms with Crippen molar-refractivity contribution in [1.29, 1.82) is 0 Å². The predicted octanol–water partition coefficient (Wildman–Crippen LogP) is 8.26. The first-order valence-electron chi connectivity index (χ1n) is 14.4. The van der Waals surface area contributed by atoms with Gasteiger partial charge in [0.05, 0.1) is 11.7 Å². The van der Waals surface area contributed by atoms with E-state index in [0.717, 1.165) is 28.4 Å². The molecule has 0 N–H and O–H groups in total. The molecule has 2 aromatic carbocycles. The molecule has 41 heavy (non-hydrogen) atoms. The number of carbonyl (C=O) groups excluding carboxylic acids is 2. The maximum Gasteiger partial charge on any atom is 0.242 e. The van der Waals surface area contributed by atoms with Crippen LogP contribution in [0.25, 0.3) is 0 Å². The first-order chi connectivity index (χ1) is 19.5. The number of alkyl halides is 1. The summed E-state index contributed by atoms with van der Waals surface area (Å²) in [5, 5.41) is 1.12. The summed E-state index contributed by atoms with van der Waals surface area (Å²) in [6, 6.07) is 13.8. The van der Waals surface area contributed by atoms with Gasteiger partial charge in [0.25, 0.3) is 0 Å². The number of amides is 2.